The molecule has 1 aliphatic rings. The van der Waals surface area contributed by atoms with Gasteiger partial charge in [0.1, 0.15) is 30.5 Å². The molecule has 1 amide bonds. The average Bonchev–Trinajstić information content (AvgIpc) is 3.60. The summed E-state index contributed by atoms with van der Waals surface area (Å²) in [5, 5.41) is 11.8. The highest BCUT2D eigenvalue weighted by Gasteiger charge is 2.48. The van der Waals surface area contributed by atoms with Crippen LogP contribution < -0.4 is 14.4 Å². The van der Waals surface area contributed by atoms with E-state index >= 15 is 0 Å². The van der Waals surface area contributed by atoms with Gasteiger partial charge in [-0.3, -0.25) is 19.3 Å². The summed E-state index contributed by atoms with van der Waals surface area (Å²) in [7, 11) is 0. The van der Waals surface area contributed by atoms with Crippen molar-refractivity contribution in [1.29, 1.82) is 0 Å². The van der Waals surface area contributed by atoms with E-state index in [0.717, 1.165) is 28.0 Å². The van der Waals surface area contributed by atoms with E-state index in [0.29, 0.717) is 46.4 Å². The first-order chi connectivity index (χ1) is 22.7. The van der Waals surface area contributed by atoms with Crippen molar-refractivity contribution in [1.82, 2.24) is 4.98 Å². The van der Waals surface area contributed by atoms with Gasteiger partial charge in [-0.25, -0.2) is 4.98 Å². The minimum atomic E-state index is -1.000. The average molecular weight is 645 g/mol. The highest BCUT2D eigenvalue weighted by atomic mass is 32.1. The first-order valence-electron chi connectivity index (χ1n) is 15.0. The van der Waals surface area contributed by atoms with Crippen molar-refractivity contribution >= 4 is 39.7 Å². The van der Waals surface area contributed by atoms with Crippen molar-refractivity contribution in [3.63, 3.8) is 0 Å². The van der Waals surface area contributed by atoms with Crippen LogP contribution in [-0.4, -0.2) is 27.6 Å². The number of aryl methyl sites for hydroxylation is 2. The minimum Gasteiger partial charge on any atom is -0.507 e. The van der Waals surface area contributed by atoms with E-state index in [1.165, 1.54) is 11.8 Å². The largest absolute Gasteiger partial charge is 0.507 e. The van der Waals surface area contributed by atoms with Crippen LogP contribution in [0.5, 0.6) is 11.5 Å². The Hall–Kier alpha value is -5.54. The molecule has 8 nitrogen and oxygen atoms in total. The van der Waals surface area contributed by atoms with Crippen LogP contribution in [0.3, 0.4) is 0 Å². The number of aromatic nitrogens is 1. The van der Waals surface area contributed by atoms with E-state index in [4.69, 9.17) is 9.47 Å². The third kappa shape index (κ3) is 6.57. The van der Waals surface area contributed by atoms with Crippen molar-refractivity contribution in [2.45, 2.75) is 40.0 Å². The first kappa shape index (κ1) is 31.4. The van der Waals surface area contributed by atoms with Gasteiger partial charge < -0.3 is 14.6 Å². The number of hydrogen-bond acceptors (Lipinski definition) is 8. The van der Waals surface area contributed by atoms with Crippen molar-refractivity contribution in [3.05, 3.63) is 147 Å². The van der Waals surface area contributed by atoms with E-state index < -0.39 is 17.7 Å². The molecule has 0 bridgehead atoms. The highest BCUT2D eigenvalue weighted by molar-refractivity contribution is 7.18. The molecule has 6 rings (SSSR count). The Labute approximate surface area is 276 Å². The predicted molar refractivity (Wildman–Crippen MR) is 181 cm³/mol. The Bertz CT molecular complexity index is 1980. The molecular weight excluding hydrogens is 612 g/mol. The topological polar surface area (TPSA) is 106 Å². The lowest BCUT2D eigenvalue weighted by Gasteiger charge is -2.23. The Morgan fingerprint density at radius 2 is 1.45 bits per heavy atom. The number of benzene rings is 4. The van der Waals surface area contributed by atoms with Crippen LogP contribution in [-0.2, 0) is 22.8 Å². The van der Waals surface area contributed by atoms with Gasteiger partial charge in [0.25, 0.3) is 5.78 Å². The number of carbonyl (C=O) groups excluding carboxylic acids is 3. The zero-order valence-corrected chi connectivity index (χ0v) is 26.9. The van der Waals surface area contributed by atoms with Crippen LogP contribution in [0.25, 0.3) is 5.76 Å². The summed E-state index contributed by atoms with van der Waals surface area (Å²) < 4.78 is 11.9. The molecule has 1 N–H and O–H groups in total. The van der Waals surface area contributed by atoms with Gasteiger partial charge in [-0.15, -0.1) is 0 Å². The number of amides is 1. The first-order valence-corrected chi connectivity index (χ1v) is 15.9. The van der Waals surface area contributed by atoms with Gasteiger partial charge in [-0.05, 0) is 72.5 Å². The molecule has 1 aromatic heterocycles. The molecule has 0 radical (unpaired) electrons. The standard InChI is InChI=1S/C38H32N2O6S/c1-23-9-7-8-12-29(23)22-46-31-19-15-28(16-20-31)34(42)32-33(27-13-17-30(18-14-27)45-21-26-10-5-4-6-11-26)40(37(44)35(32)43)38-39-24(2)36(47-38)25(3)41/h4-20,33,42H,21-22H2,1-3H3/b34-32+. The fraction of sp³-hybridized carbons (Fsp3) is 0.158. The molecule has 1 unspecified atom stereocenters. The Balaban J connectivity index is 1.34. The summed E-state index contributed by atoms with van der Waals surface area (Å²) in [6.07, 6.45) is 0. The Morgan fingerprint density at radius 1 is 0.830 bits per heavy atom. The molecule has 1 saturated heterocycles. The van der Waals surface area contributed by atoms with Gasteiger partial charge in [0.15, 0.2) is 10.9 Å². The fourth-order valence-corrected chi connectivity index (χ4v) is 6.43. The number of hydrogen-bond donors (Lipinski definition) is 1. The van der Waals surface area contributed by atoms with Gasteiger partial charge in [0.2, 0.25) is 0 Å². The number of aliphatic hydroxyl groups is 1. The number of nitrogens with zero attached hydrogens (tertiary/aromatic N) is 2. The molecule has 1 fully saturated rings. The van der Waals surface area contributed by atoms with E-state index in [1.807, 2.05) is 61.5 Å². The summed E-state index contributed by atoms with van der Waals surface area (Å²) in [6, 6.07) is 30.4. The van der Waals surface area contributed by atoms with Crippen molar-refractivity contribution in [2.24, 2.45) is 0 Å². The van der Waals surface area contributed by atoms with Gasteiger partial charge in [0, 0.05) is 12.5 Å². The maximum absolute atomic E-state index is 13.6. The third-order valence-corrected chi connectivity index (χ3v) is 9.24. The quantitative estimate of drug-likeness (QED) is 0.0717. The molecule has 0 aliphatic carbocycles. The number of ether oxygens (including phenoxy) is 2. The number of rotatable bonds is 10. The van der Waals surface area contributed by atoms with Crippen molar-refractivity contribution in [2.75, 3.05) is 4.90 Å². The Morgan fingerprint density at radius 3 is 2.09 bits per heavy atom. The summed E-state index contributed by atoms with van der Waals surface area (Å²) >= 11 is 1.04. The van der Waals surface area contributed by atoms with Gasteiger partial charge >= 0.3 is 5.91 Å². The second kappa shape index (κ2) is 13.4. The van der Waals surface area contributed by atoms with Crippen LogP contribution >= 0.6 is 11.3 Å². The summed E-state index contributed by atoms with van der Waals surface area (Å²) in [4.78, 5) is 45.7. The number of anilines is 1. The molecule has 0 saturated carbocycles. The molecule has 2 heterocycles. The van der Waals surface area contributed by atoms with Crippen molar-refractivity contribution in [3.8, 4) is 11.5 Å². The Kier molecular flexibility index (Phi) is 8.99. The molecule has 1 atom stereocenters. The van der Waals surface area contributed by atoms with Crippen molar-refractivity contribution < 1.29 is 29.0 Å². The van der Waals surface area contributed by atoms with Crippen LogP contribution in [0.1, 0.15) is 56.1 Å². The lowest BCUT2D eigenvalue weighted by molar-refractivity contribution is -0.132. The molecule has 1 aliphatic heterocycles. The second-order valence-electron chi connectivity index (χ2n) is 11.2. The van der Waals surface area contributed by atoms with Crippen LogP contribution in [0, 0.1) is 13.8 Å². The van der Waals surface area contributed by atoms with E-state index in [9.17, 15) is 19.5 Å². The fourth-order valence-electron chi connectivity index (χ4n) is 5.44. The van der Waals surface area contributed by atoms with E-state index in [-0.39, 0.29) is 22.2 Å². The molecule has 4 aromatic carbocycles. The molecular formula is C38H32N2O6S. The lowest BCUT2D eigenvalue weighted by Crippen LogP contribution is -2.29. The summed E-state index contributed by atoms with van der Waals surface area (Å²) in [5.74, 6) is -1.03. The predicted octanol–water partition coefficient (Wildman–Crippen LogP) is 7.75. The summed E-state index contributed by atoms with van der Waals surface area (Å²) in [6.45, 7) is 5.88. The number of Topliss-reactive ketones (excluding diaryl/α,β-unsaturated/α-hetero) is 2. The maximum Gasteiger partial charge on any atom is 0.301 e. The molecule has 236 valence electrons. The zero-order valence-electron chi connectivity index (χ0n) is 26.1. The molecule has 5 aromatic rings. The van der Waals surface area contributed by atoms with Gasteiger partial charge in [-0.1, -0.05) is 78.1 Å². The monoisotopic (exact) mass is 644 g/mol. The zero-order chi connectivity index (χ0) is 33.1. The molecule has 0 spiro atoms. The van der Waals surface area contributed by atoms with Crippen LogP contribution in [0.15, 0.2) is 109 Å². The smallest absolute Gasteiger partial charge is 0.301 e. The van der Waals surface area contributed by atoms with E-state index in [2.05, 4.69) is 4.98 Å². The molecule has 9 heteroatoms. The SMILES string of the molecule is CC(=O)c1sc(N2C(=O)C(=O)/C(=C(/O)c3ccc(OCc4ccccc4C)cc3)C2c2ccc(OCc3ccccc3)cc2)nc1C. The number of ketones is 2. The maximum atomic E-state index is 13.6. The van der Waals surface area contributed by atoms with Gasteiger partial charge in [0.05, 0.1) is 22.2 Å². The van der Waals surface area contributed by atoms with Gasteiger partial charge in [-0.2, -0.15) is 0 Å². The van der Waals surface area contributed by atoms with Crippen LogP contribution in [0.2, 0.25) is 0 Å². The number of thiazole rings is 1. The molecule has 47 heavy (non-hydrogen) atoms. The van der Waals surface area contributed by atoms with E-state index in [1.54, 1.807) is 55.5 Å². The highest BCUT2D eigenvalue weighted by Crippen LogP contribution is 2.44. The summed E-state index contributed by atoms with van der Waals surface area (Å²) in [5.41, 5.74) is 4.47. The third-order valence-electron chi connectivity index (χ3n) is 7.98. The number of carbonyl (C=O) groups is 3. The normalized spacial score (nSPS) is 15.6. The minimum absolute atomic E-state index is 0.0845. The number of aliphatic hydroxyl groups excluding tert-OH is 1. The lowest BCUT2D eigenvalue weighted by atomic mass is 9.95. The second-order valence-corrected chi connectivity index (χ2v) is 12.2. The van der Waals surface area contributed by atoms with Crippen LogP contribution in [0.4, 0.5) is 5.13 Å².